The third-order valence-electron chi connectivity index (χ3n) is 2.66. The van der Waals surface area contributed by atoms with Crippen molar-refractivity contribution in [3.8, 4) is 0 Å². The molecular formula is C12H14Cl2N2OS. The Balaban J connectivity index is 2.93. The summed E-state index contributed by atoms with van der Waals surface area (Å²) >= 11 is 16.7. The average molecular weight is 305 g/mol. The highest BCUT2D eigenvalue weighted by molar-refractivity contribution is 7.80. The summed E-state index contributed by atoms with van der Waals surface area (Å²) in [6.07, 6.45) is 0.468. The van der Waals surface area contributed by atoms with E-state index in [-0.39, 0.29) is 17.0 Å². The van der Waals surface area contributed by atoms with Crippen LogP contribution in [0.15, 0.2) is 18.2 Å². The van der Waals surface area contributed by atoms with Crippen LogP contribution in [0, 0.1) is 0 Å². The maximum absolute atomic E-state index is 12.2. The van der Waals surface area contributed by atoms with Gasteiger partial charge in [0, 0.05) is 19.5 Å². The first-order valence-corrected chi connectivity index (χ1v) is 6.50. The number of thiocarbonyl (C=S) groups is 1. The Morgan fingerprint density at radius 3 is 2.67 bits per heavy atom. The third-order valence-corrected chi connectivity index (χ3v) is 3.65. The molecule has 3 nitrogen and oxygen atoms in total. The van der Waals surface area contributed by atoms with Crippen molar-refractivity contribution >= 4 is 46.3 Å². The summed E-state index contributed by atoms with van der Waals surface area (Å²) < 4.78 is 0. The van der Waals surface area contributed by atoms with Crippen molar-refractivity contribution in [3.05, 3.63) is 33.8 Å². The van der Waals surface area contributed by atoms with E-state index in [4.69, 9.17) is 41.2 Å². The van der Waals surface area contributed by atoms with Crippen LogP contribution in [0.4, 0.5) is 0 Å². The van der Waals surface area contributed by atoms with Gasteiger partial charge in [-0.1, -0.05) is 41.5 Å². The molecule has 0 aromatic heterocycles. The number of carbonyl (C=O) groups excluding carboxylic acids is 1. The molecule has 0 aliphatic carbocycles. The van der Waals surface area contributed by atoms with E-state index < -0.39 is 0 Å². The molecule has 0 aliphatic heterocycles. The predicted molar refractivity (Wildman–Crippen MR) is 79.4 cm³/mol. The molecule has 1 amide bonds. The Hall–Kier alpha value is -0.840. The normalized spacial score (nSPS) is 12.0. The molecule has 0 heterocycles. The maximum atomic E-state index is 12.2. The Morgan fingerprint density at radius 2 is 2.11 bits per heavy atom. The standard InChI is InChI=1S/C12H14Cl2N2OS/c1-7(6-10(15)18)16(2)12(17)8-4-3-5-9(13)11(8)14/h3-5,7H,6H2,1-2H3,(H2,15,18). The molecule has 1 atom stereocenters. The molecule has 0 spiro atoms. The van der Waals surface area contributed by atoms with Gasteiger partial charge in [-0.3, -0.25) is 4.79 Å². The zero-order chi connectivity index (χ0) is 13.9. The van der Waals surface area contributed by atoms with Crippen molar-refractivity contribution in [2.24, 2.45) is 5.73 Å². The zero-order valence-electron chi connectivity index (χ0n) is 10.1. The zero-order valence-corrected chi connectivity index (χ0v) is 12.4. The summed E-state index contributed by atoms with van der Waals surface area (Å²) in [5.41, 5.74) is 5.85. The smallest absolute Gasteiger partial charge is 0.255 e. The minimum atomic E-state index is -0.203. The first-order chi connectivity index (χ1) is 8.34. The van der Waals surface area contributed by atoms with E-state index in [9.17, 15) is 4.79 Å². The summed E-state index contributed by atoms with van der Waals surface area (Å²) in [6, 6.07) is 4.87. The number of hydrogen-bond acceptors (Lipinski definition) is 2. The monoisotopic (exact) mass is 304 g/mol. The second-order valence-electron chi connectivity index (χ2n) is 4.04. The molecule has 98 valence electrons. The van der Waals surface area contributed by atoms with E-state index in [2.05, 4.69) is 0 Å². The fourth-order valence-electron chi connectivity index (χ4n) is 1.49. The molecule has 1 aromatic rings. The van der Waals surface area contributed by atoms with Gasteiger partial charge in [-0.15, -0.1) is 0 Å². The summed E-state index contributed by atoms with van der Waals surface area (Å²) in [4.78, 5) is 14.2. The third kappa shape index (κ3) is 3.57. The number of carbonyl (C=O) groups is 1. The van der Waals surface area contributed by atoms with Crippen LogP contribution in [-0.4, -0.2) is 28.9 Å². The van der Waals surface area contributed by atoms with E-state index in [0.717, 1.165) is 0 Å². The number of hydrogen-bond donors (Lipinski definition) is 1. The molecule has 18 heavy (non-hydrogen) atoms. The van der Waals surface area contributed by atoms with Gasteiger partial charge in [0.15, 0.2) is 0 Å². The molecule has 1 unspecified atom stereocenters. The molecular weight excluding hydrogens is 291 g/mol. The number of halogens is 2. The van der Waals surface area contributed by atoms with Gasteiger partial charge in [-0.2, -0.15) is 0 Å². The van der Waals surface area contributed by atoms with E-state index in [1.807, 2.05) is 6.92 Å². The second-order valence-corrected chi connectivity index (χ2v) is 5.35. The predicted octanol–water partition coefficient (Wildman–Crippen LogP) is 3.13. The lowest BCUT2D eigenvalue weighted by molar-refractivity contribution is 0.0748. The average Bonchev–Trinajstić information content (AvgIpc) is 2.30. The van der Waals surface area contributed by atoms with Crippen LogP contribution in [0.1, 0.15) is 23.7 Å². The summed E-state index contributed by atoms with van der Waals surface area (Å²) in [7, 11) is 1.68. The van der Waals surface area contributed by atoms with Gasteiger partial charge < -0.3 is 10.6 Å². The van der Waals surface area contributed by atoms with Gasteiger partial charge in [0.2, 0.25) is 0 Å². The Kier molecular flexibility index (Phi) is 5.38. The number of amides is 1. The van der Waals surface area contributed by atoms with Gasteiger partial charge in [0.25, 0.3) is 5.91 Å². The fourth-order valence-corrected chi connectivity index (χ4v) is 2.11. The SMILES string of the molecule is CC(CC(N)=S)N(C)C(=O)c1cccc(Cl)c1Cl. The Morgan fingerprint density at radius 1 is 1.50 bits per heavy atom. The summed E-state index contributed by atoms with van der Waals surface area (Å²) in [5.74, 6) is -0.203. The molecule has 0 fully saturated rings. The van der Waals surface area contributed by atoms with Crippen LogP contribution in [0.25, 0.3) is 0 Å². The van der Waals surface area contributed by atoms with E-state index in [1.54, 1.807) is 30.1 Å². The van der Waals surface area contributed by atoms with Crippen LogP contribution in [0.3, 0.4) is 0 Å². The lowest BCUT2D eigenvalue weighted by atomic mass is 10.1. The second kappa shape index (κ2) is 6.36. The maximum Gasteiger partial charge on any atom is 0.255 e. The highest BCUT2D eigenvalue weighted by Gasteiger charge is 2.21. The molecule has 2 N–H and O–H groups in total. The van der Waals surface area contributed by atoms with Crippen molar-refractivity contribution in [2.75, 3.05) is 7.05 Å². The van der Waals surface area contributed by atoms with Crippen LogP contribution in [0.2, 0.25) is 10.0 Å². The van der Waals surface area contributed by atoms with Crippen molar-refractivity contribution in [3.63, 3.8) is 0 Å². The summed E-state index contributed by atoms with van der Waals surface area (Å²) in [5, 5.41) is 0.622. The Bertz CT molecular complexity index is 479. The molecule has 0 saturated carbocycles. The van der Waals surface area contributed by atoms with E-state index in [0.29, 0.717) is 22.0 Å². The van der Waals surface area contributed by atoms with Crippen LogP contribution >= 0.6 is 35.4 Å². The van der Waals surface area contributed by atoms with Crippen molar-refractivity contribution in [1.82, 2.24) is 4.90 Å². The van der Waals surface area contributed by atoms with Crippen LogP contribution in [0.5, 0.6) is 0 Å². The minimum absolute atomic E-state index is 0.0925. The molecule has 1 rings (SSSR count). The van der Waals surface area contributed by atoms with Crippen molar-refractivity contribution in [1.29, 1.82) is 0 Å². The molecule has 1 aromatic carbocycles. The van der Waals surface area contributed by atoms with Crippen molar-refractivity contribution < 1.29 is 4.79 Å². The van der Waals surface area contributed by atoms with E-state index in [1.165, 1.54) is 0 Å². The highest BCUT2D eigenvalue weighted by atomic mass is 35.5. The number of nitrogens with two attached hydrogens (primary N) is 1. The molecule has 0 bridgehead atoms. The largest absolute Gasteiger partial charge is 0.393 e. The molecule has 0 saturated heterocycles. The van der Waals surface area contributed by atoms with Gasteiger partial charge in [0.1, 0.15) is 0 Å². The Labute approximate surface area is 122 Å². The van der Waals surface area contributed by atoms with Gasteiger partial charge in [0.05, 0.1) is 20.6 Å². The quantitative estimate of drug-likeness (QED) is 0.869. The van der Waals surface area contributed by atoms with Crippen LogP contribution < -0.4 is 5.73 Å². The number of rotatable bonds is 4. The first-order valence-electron chi connectivity index (χ1n) is 5.34. The number of benzene rings is 1. The first kappa shape index (κ1) is 15.2. The molecule has 0 radical (unpaired) electrons. The van der Waals surface area contributed by atoms with Gasteiger partial charge in [-0.05, 0) is 19.1 Å². The molecule has 6 heteroatoms. The fraction of sp³-hybridized carbons (Fsp3) is 0.333. The minimum Gasteiger partial charge on any atom is -0.393 e. The summed E-state index contributed by atoms with van der Waals surface area (Å²) in [6.45, 7) is 1.87. The topological polar surface area (TPSA) is 46.3 Å². The van der Waals surface area contributed by atoms with Crippen LogP contribution in [-0.2, 0) is 0 Å². The highest BCUT2D eigenvalue weighted by Crippen LogP contribution is 2.26. The van der Waals surface area contributed by atoms with Gasteiger partial charge >= 0.3 is 0 Å². The van der Waals surface area contributed by atoms with Gasteiger partial charge in [-0.25, -0.2) is 0 Å². The lowest BCUT2D eigenvalue weighted by Gasteiger charge is -2.25. The van der Waals surface area contributed by atoms with Crippen molar-refractivity contribution in [2.45, 2.75) is 19.4 Å². The van der Waals surface area contributed by atoms with E-state index >= 15 is 0 Å². The number of nitrogens with zero attached hydrogens (tertiary/aromatic N) is 1. The molecule has 0 aliphatic rings. The lowest BCUT2D eigenvalue weighted by Crippen LogP contribution is -2.37.